The van der Waals surface area contributed by atoms with Crippen molar-refractivity contribution in [2.75, 3.05) is 12.4 Å². The number of hydrogen-bond acceptors (Lipinski definition) is 6. The average Bonchev–Trinajstić information content (AvgIpc) is 2.93. The summed E-state index contributed by atoms with van der Waals surface area (Å²) in [6.07, 6.45) is 3.03. The van der Waals surface area contributed by atoms with Gasteiger partial charge in [-0.1, -0.05) is 0 Å². The van der Waals surface area contributed by atoms with Crippen molar-refractivity contribution in [2.45, 2.75) is 6.92 Å². The van der Waals surface area contributed by atoms with Gasteiger partial charge in [-0.05, 0) is 37.3 Å². The molecule has 0 bridgehead atoms. The topological polar surface area (TPSA) is 92.4 Å². The SMILES string of the molecule is COC(=O)c1cc(C)sc1NC(=S)NNC(=O)c1ccncc1. The van der Waals surface area contributed by atoms with Crippen LogP contribution in [0, 0.1) is 6.92 Å². The van der Waals surface area contributed by atoms with Crippen LogP contribution in [-0.4, -0.2) is 29.1 Å². The number of carbonyl (C=O) groups is 2. The van der Waals surface area contributed by atoms with Gasteiger partial charge in [0.25, 0.3) is 5.91 Å². The fraction of sp³-hybridized carbons (Fsp3) is 0.143. The first-order valence-corrected chi connectivity index (χ1v) is 7.70. The van der Waals surface area contributed by atoms with E-state index in [4.69, 9.17) is 17.0 Å². The Labute approximate surface area is 142 Å². The third-order valence-corrected chi connectivity index (χ3v) is 3.89. The number of carbonyl (C=O) groups excluding carboxylic acids is 2. The lowest BCUT2D eigenvalue weighted by molar-refractivity contribution is 0.0602. The molecule has 0 aliphatic carbocycles. The summed E-state index contributed by atoms with van der Waals surface area (Å²) in [7, 11) is 1.31. The van der Waals surface area contributed by atoms with E-state index in [1.807, 2.05) is 6.92 Å². The fourth-order valence-electron chi connectivity index (χ4n) is 1.69. The van der Waals surface area contributed by atoms with Crippen molar-refractivity contribution in [1.29, 1.82) is 0 Å². The molecule has 0 saturated heterocycles. The van der Waals surface area contributed by atoms with Crippen LogP contribution in [-0.2, 0) is 4.74 Å². The molecule has 0 radical (unpaired) electrons. The average molecular weight is 350 g/mol. The Hall–Kier alpha value is -2.52. The molecule has 0 unspecified atom stereocenters. The van der Waals surface area contributed by atoms with Gasteiger partial charge < -0.3 is 10.1 Å². The van der Waals surface area contributed by atoms with Crippen LogP contribution in [0.5, 0.6) is 0 Å². The molecular weight excluding hydrogens is 336 g/mol. The van der Waals surface area contributed by atoms with Gasteiger partial charge in [-0.25, -0.2) is 4.79 Å². The van der Waals surface area contributed by atoms with Gasteiger partial charge in [0.2, 0.25) is 0 Å². The Morgan fingerprint density at radius 2 is 1.96 bits per heavy atom. The van der Waals surface area contributed by atoms with Gasteiger partial charge in [0.05, 0.1) is 12.7 Å². The normalized spacial score (nSPS) is 9.83. The second kappa shape index (κ2) is 7.65. The first kappa shape index (κ1) is 16.8. The molecular formula is C14H14N4O3S2. The Balaban J connectivity index is 1.95. The number of rotatable bonds is 3. The largest absolute Gasteiger partial charge is 0.465 e. The first-order chi connectivity index (χ1) is 11.0. The summed E-state index contributed by atoms with van der Waals surface area (Å²) in [6, 6.07) is 4.86. The van der Waals surface area contributed by atoms with Crippen LogP contribution < -0.4 is 16.2 Å². The van der Waals surface area contributed by atoms with Gasteiger partial charge >= 0.3 is 5.97 Å². The lowest BCUT2D eigenvalue weighted by atomic mass is 10.3. The minimum absolute atomic E-state index is 0.152. The minimum atomic E-state index is -0.458. The standard InChI is InChI=1S/C14H14N4O3S2/c1-8-7-10(13(20)21-2)12(23-8)16-14(22)18-17-11(19)9-3-5-15-6-4-9/h3-7H,1-2H3,(H,17,19)(H2,16,18,22). The molecule has 0 aliphatic rings. The van der Waals surface area contributed by atoms with Crippen molar-refractivity contribution in [3.05, 3.63) is 46.6 Å². The number of methoxy groups -OCH3 is 1. The molecule has 0 aliphatic heterocycles. The van der Waals surface area contributed by atoms with E-state index < -0.39 is 5.97 Å². The molecule has 23 heavy (non-hydrogen) atoms. The van der Waals surface area contributed by atoms with Crippen molar-refractivity contribution in [2.24, 2.45) is 0 Å². The first-order valence-electron chi connectivity index (χ1n) is 6.47. The molecule has 2 rings (SSSR count). The molecule has 0 spiro atoms. The highest BCUT2D eigenvalue weighted by molar-refractivity contribution is 7.80. The van der Waals surface area contributed by atoms with E-state index in [0.29, 0.717) is 16.1 Å². The number of thiophene rings is 1. The molecule has 1 amide bonds. The van der Waals surface area contributed by atoms with Crippen LogP contribution in [0.25, 0.3) is 0 Å². The summed E-state index contributed by atoms with van der Waals surface area (Å²) < 4.78 is 4.72. The Morgan fingerprint density at radius 3 is 2.61 bits per heavy atom. The lowest BCUT2D eigenvalue weighted by Crippen LogP contribution is -2.43. The molecule has 120 valence electrons. The quantitative estimate of drug-likeness (QED) is 0.442. The number of pyridine rings is 1. The number of hydrazine groups is 1. The highest BCUT2D eigenvalue weighted by Crippen LogP contribution is 2.28. The number of hydrogen-bond donors (Lipinski definition) is 3. The monoisotopic (exact) mass is 350 g/mol. The number of amides is 1. The van der Waals surface area contributed by atoms with Crippen molar-refractivity contribution >= 4 is 45.5 Å². The van der Waals surface area contributed by atoms with E-state index in [0.717, 1.165) is 4.88 Å². The lowest BCUT2D eigenvalue weighted by Gasteiger charge is -2.11. The van der Waals surface area contributed by atoms with Gasteiger partial charge in [0.15, 0.2) is 5.11 Å². The number of anilines is 1. The van der Waals surface area contributed by atoms with Crippen LogP contribution in [0.15, 0.2) is 30.6 Å². The maximum atomic E-state index is 11.9. The fourth-order valence-corrected chi connectivity index (χ4v) is 2.81. The molecule has 7 nitrogen and oxygen atoms in total. The van der Waals surface area contributed by atoms with E-state index in [2.05, 4.69) is 21.2 Å². The zero-order valence-corrected chi connectivity index (χ0v) is 14.0. The van der Waals surface area contributed by atoms with E-state index in [1.54, 1.807) is 18.2 Å². The number of nitrogens with one attached hydrogen (secondary N) is 3. The highest BCUT2D eigenvalue weighted by Gasteiger charge is 2.16. The van der Waals surface area contributed by atoms with Crippen molar-refractivity contribution in [3.63, 3.8) is 0 Å². The molecule has 2 aromatic heterocycles. The second-order valence-corrected chi connectivity index (χ2v) is 6.03. The van der Waals surface area contributed by atoms with Gasteiger partial charge in [-0.3, -0.25) is 20.6 Å². The van der Waals surface area contributed by atoms with Crippen molar-refractivity contribution < 1.29 is 14.3 Å². The van der Waals surface area contributed by atoms with Crippen LogP contribution >= 0.6 is 23.6 Å². The number of nitrogens with zero attached hydrogens (tertiary/aromatic N) is 1. The summed E-state index contributed by atoms with van der Waals surface area (Å²) in [5.74, 6) is -0.812. The number of aromatic nitrogens is 1. The number of esters is 1. The Bertz CT molecular complexity index is 731. The van der Waals surface area contributed by atoms with Gasteiger partial charge in [0, 0.05) is 22.8 Å². The smallest absolute Gasteiger partial charge is 0.340 e. The van der Waals surface area contributed by atoms with Gasteiger partial charge in [-0.2, -0.15) is 0 Å². The number of thiocarbonyl (C=S) groups is 1. The predicted molar refractivity (Wildman–Crippen MR) is 91.5 cm³/mol. The zero-order valence-electron chi connectivity index (χ0n) is 12.4. The van der Waals surface area contributed by atoms with Gasteiger partial charge in [-0.15, -0.1) is 11.3 Å². The van der Waals surface area contributed by atoms with Crippen LogP contribution in [0.3, 0.4) is 0 Å². The molecule has 0 saturated carbocycles. The Kier molecular flexibility index (Phi) is 5.61. The highest BCUT2D eigenvalue weighted by atomic mass is 32.1. The van der Waals surface area contributed by atoms with E-state index in [1.165, 1.54) is 30.8 Å². The van der Waals surface area contributed by atoms with Crippen LogP contribution in [0.1, 0.15) is 25.6 Å². The minimum Gasteiger partial charge on any atom is -0.465 e. The summed E-state index contributed by atoms with van der Waals surface area (Å²) in [4.78, 5) is 28.3. The molecule has 3 N–H and O–H groups in total. The molecule has 0 fully saturated rings. The summed E-state index contributed by atoms with van der Waals surface area (Å²) in [5.41, 5.74) is 5.86. The summed E-state index contributed by atoms with van der Waals surface area (Å²) >= 11 is 6.46. The molecule has 2 aromatic rings. The molecule has 9 heteroatoms. The van der Waals surface area contributed by atoms with E-state index in [-0.39, 0.29) is 11.0 Å². The third kappa shape index (κ3) is 4.47. The molecule has 0 aromatic carbocycles. The maximum Gasteiger partial charge on any atom is 0.340 e. The number of ether oxygens (including phenoxy) is 1. The van der Waals surface area contributed by atoms with Crippen molar-refractivity contribution in [3.8, 4) is 0 Å². The van der Waals surface area contributed by atoms with E-state index >= 15 is 0 Å². The van der Waals surface area contributed by atoms with E-state index in [9.17, 15) is 9.59 Å². The summed E-state index contributed by atoms with van der Waals surface area (Å²) in [5, 5.41) is 3.56. The molecule has 0 atom stereocenters. The van der Waals surface area contributed by atoms with Crippen LogP contribution in [0.2, 0.25) is 0 Å². The third-order valence-electron chi connectivity index (χ3n) is 2.72. The number of aryl methyl sites for hydroxylation is 1. The predicted octanol–water partition coefficient (Wildman–Crippen LogP) is 1.87. The Morgan fingerprint density at radius 1 is 1.26 bits per heavy atom. The van der Waals surface area contributed by atoms with Crippen LogP contribution in [0.4, 0.5) is 5.00 Å². The second-order valence-electron chi connectivity index (χ2n) is 4.36. The summed E-state index contributed by atoms with van der Waals surface area (Å²) in [6.45, 7) is 1.87. The maximum absolute atomic E-state index is 11.9. The van der Waals surface area contributed by atoms with Crippen molar-refractivity contribution in [1.82, 2.24) is 15.8 Å². The zero-order chi connectivity index (χ0) is 16.8. The molecule has 2 heterocycles. The van der Waals surface area contributed by atoms with Gasteiger partial charge in [0.1, 0.15) is 5.00 Å².